The number of nitriles is 1. The van der Waals surface area contributed by atoms with Crippen molar-refractivity contribution in [2.45, 2.75) is 11.8 Å². The van der Waals surface area contributed by atoms with Crippen LogP contribution in [0.15, 0.2) is 59.6 Å². The average Bonchev–Trinajstić information content (AvgIpc) is 3.09. The van der Waals surface area contributed by atoms with Gasteiger partial charge >= 0.3 is 5.97 Å². The Balaban J connectivity index is 1.93. The average molecular weight is 411 g/mol. The maximum Gasteiger partial charge on any atom is 0.338 e. The second kappa shape index (κ2) is 8.04. The molecule has 0 aliphatic heterocycles. The van der Waals surface area contributed by atoms with Gasteiger partial charge in [-0.05, 0) is 43.3 Å². The molecule has 1 aromatic heterocycles. The SMILES string of the molecule is CCOC(=O)c1ccc(S(=O)(=O)Nc2ccccc2-n2ncc(C#N)c2N)cc1. The van der Waals surface area contributed by atoms with Gasteiger partial charge in [0.2, 0.25) is 0 Å². The zero-order valence-electron chi connectivity index (χ0n) is 15.4. The lowest BCUT2D eigenvalue weighted by atomic mass is 10.2. The van der Waals surface area contributed by atoms with Crippen LogP contribution in [0, 0.1) is 11.3 Å². The van der Waals surface area contributed by atoms with Crippen LogP contribution >= 0.6 is 0 Å². The Labute approximate surface area is 167 Å². The van der Waals surface area contributed by atoms with E-state index in [9.17, 15) is 13.2 Å². The van der Waals surface area contributed by atoms with Gasteiger partial charge in [0.1, 0.15) is 17.5 Å². The highest BCUT2D eigenvalue weighted by molar-refractivity contribution is 7.92. The van der Waals surface area contributed by atoms with E-state index in [4.69, 9.17) is 15.7 Å². The molecule has 148 valence electrons. The molecule has 3 rings (SSSR count). The van der Waals surface area contributed by atoms with E-state index in [1.165, 1.54) is 35.1 Å². The van der Waals surface area contributed by atoms with Crippen LogP contribution < -0.4 is 10.5 Å². The van der Waals surface area contributed by atoms with E-state index in [0.29, 0.717) is 5.69 Å². The molecule has 9 nitrogen and oxygen atoms in total. The number of anilines is 2. The number of para-hydroxylation sites is 2. The molecule has 2 aromatic carbocycles. The Morgan fingerprint density at radius 3 is 2.55 bits per heavy atom. The van der Waals surface area contributed by atoms with Crippen LogP contribution in [0.25, 0.3) is 5.69 Å². The van der Waals surface area contributed by atoms with Gasteiger partial charge in [-0.2, -0.15) is 10.4 Å². The number of hydrogen-bond acceptors (Lipinski definition) is 7. The summed E-state index contributed by atoms with van der Waals surface area (Å²) in [6, 6.07) is 13.8. The van der Waals surface area contributed by atoms with Crippen LogP contribution in [0.3, 0.4) is 0 Å². The van der Waals surface area contributed by atoms with Gasteiger partial charge in [0.05, 0.1) is 34.6 Å². The van der Waals surface area contributed by atoms with Crippen LogP contribution in [0.2, 0.25) is 0 Å². The van der Waals surface area contributed by atoms with Crippen molar-refractivity contribution < 1.29 is 17.9 Å². The van der Waals surface area contributed by atoms with Crippen molar-refractivity contribution in [2.75, 3.05) is 17.1 Å². The van der Waals surface area contributed by atoms with Crippen molar-refractivity contribution in [3.8, 4) is 11.8 Å². The molecule has 10 heteroatoms. The highest BCUT2D eigenvalue weighted by atomic mass is 32.2. The minimum absolute atomic E-state index is 0.0356. The Bertz CT molecular complexity index is 1190. The summed E-state index contributed by atoms with van der Waals surface area (Å²) >= 11 is 0. The van der Waals surface area contributed by atoms with Crippen LogP contribution in [0.4, 0.5) is 11.5 Å². The Morgan fingerprint density at radius 2 is 1.93 bits per heavy atom. The largest absolute Gasteiger partial charge is 0.462 e. The summed E-state index contributed by atoms with van der Waals surface area (Å²) in [5.74, 6) is -0.435. The fourth-order valence-electron chi connectivity index (χ4n) is 2.57. The summed E-state index contributed by atoms with van der Waals surface area (Å²) < 4.78 is 34.2. The number of nitrogen functional groups attached to an aromatic ring is 1. The van der Waals surface area contributed by atoms with E-state index >= 15 is 0 Å². The lowest BCUT2D eigenvalue weighted by Gasteiger charge is -2.13. The molecule has 3 N–H and O–H groups in total. The van der Waals surface area contributed by atoms with Gasteiger partial charge in [0, 0.05) is 0 Å². The first-order valence-electron chi connectivity index (χ1n) is 8.50. The van der Waals surface area contributed by atoms with Gasteiger partial charge in [0.15, 0.2) is 0 Å². The summed E-state index contributed by atoms with van der Waals surface area (Å²) in [5.41, 5.74) is 6.93. The number of carbonyl (C=O) groups is 1. The highest BCUT2D eigenvalue weighted by Gasteiger charge is 2.19. The van der Waals surface area contributed by atoms with Crippen LogP contribution in [-0.2, 0) is 14.8 Å². The number of carbonyl (C=O) groups excluding carboxylic acids is 1. The van der Waals surface area contributed by atoms with Crippen molar-refractivity contribution in [3.63, 3.8) is 0 Å². The first-order chi connectivity index (χ1) is 13.9. The lowest BCUT2D eigenvalue weighted by Crippen LogP contribution is -2.16. The van der Waals surface area contributed by atoms with E-state index < -0.39 is 16.0 Å². The minimum atomic E-state index is -3.96. The number of esters is 1. The molecule has 0 amide bonds. The molecule has 1 heterocycles. The predicted molar refractivity (Wildman–Crippen MR) is 106 cm³/mol. The van der Waals surface area contributed by atoms with Gasteiger partial charge in [-0.25, -0.2) is 17.9 Å². The second-order valence-corrected chi connectivity index (χ2v) is 7.52. The minimum Gasteiger partial charge on any atom is -0.462 e. The monoisotopic (exact) mass is 411 g/mol. The predicted octanol–water partition coefficient (Wildman–Crippen LogP) is 2.30. The standard InChI is InChI=1S/C19H17N5O4S/c1-2-28-19(25)13-7-9-15(10-8-13)29(26,27)23-16-5-3-4-6-17(16)24-18(21)14(11-20)12-22-24/h3-10,12,23H,2,21H2,1H3. The maximum atomic E-state index is 12.8. The van der Waals surface area contributed by atoms with E-state index in [-0.39, 0.29) is 34.1 Å². The number of nitrogens with two attached hydrogens (primary N) is 1. The second-order valence-electron chi connectivity index (χ2n) is 5.83. The molecule has 0 saturated heterocycles. The molecular formula is C19H17N5O4S. The van der Waals surface area contributed by atoms with Crippen LogP contribution in [-0.4, -0.2) is 30.8 Å². The summed E-state index contributed by atoms with van der Waals surface area (Å²) in [6.45, 7) is 1.91. The molecule has 0 unspecified atom stereocenters. The fraction of sp³-hybridized carbons (Fsp3) is 0.105. The molecule has 29 heavy (non-hydrogen) atoms. The summed E-state index contributed by atoms with van der Waals surface area (Å²) in [6.07, 6.45) is 1.30. The first-order valence-corrected chi connectivity index (χ1v) is 9.98. The number of aromatic nitrogens is 2. The number of benzene rings is 2. The Hall–Kier alpha value is -3.84. The third-order valence-electron chi connectivity index (χ3n) is 3.98. The molecule has 0 saturated carbocycles. The van der Waals surface area contributed by atoms with Gasteiger partial charge < -0.3 is 10.5 Å². The quantitative estimate of drug-likeness (QED) is 0.593. The number of rotatable bonds is 6. The molecule has 0 bridgehead atoms. The van der Waals surface area contributed by atoms with E-state index in [1.807, 2.05) is 6.07 Å². The number of nitrogens with one attached hydrogen (secondary N) is 1. The Morgan fingerprint density at radius 1 is 1.24 bits per heavy atom. The van der Waals surface area contributed by atoms with Gasteiger partial charge in [-0.15, -0.1) is 0 Å². The third kappa shape index (κ3) is 4.04. The zero-order valence-corrected chi connectivity index (χ0v) is 16.2. The molecule has 0 spiro atoms. The van der Waals surface area contributed by atoms with Gasteiger partial charge in [-0.3, -0.25) is 4.72 Å². The number of nitrogens with zero attached hydrogens (tertiary/aromatic N) is 3. The van der Waals surface area contributed by atoms with Gasteiger partial charge in [0.25, 0.3) is 10.0 Å². The maximum absolute atomic E-state index is 12.8. The van der Waals surface area contributed by atoms with Crippen molar-refractivity contribution in [1.29, 1.82) is 5.26 Å². The Kier molecular flexibility index (Phi) is 5.52. The van der Waals surface area contributed by atoms with Crippen molar-refractivity contribution in [1.82, 2.24) is 9.78 Å². The van der Waals surface area contributed by atoms with Crippen LogP contribution in [0.1, 0.15) is 22.8 Å². The highest BCUT2D eigenvalue weighted by Crippen LogP contribution is 2.26. The fourth-order valence-corrected chi connectivity index (χ4v) is 3.64. The molecular weight excluding hydrogens is 394 g/mol. The van der Waals surface area contributed by atoms with Crippen LogP contribution in [0.5, 0.6) is 0 Å². The van der Waals surface area contributed by atoms with Crippen molar-refractivity contribution >= 4 is 27.5 Å². The topological polar surface area (TPSA) is 140 Å². The summed E-state index contributed by atoms with van der Waals surface area (Å²) in [7, 11) is -3.96. The normalized spacial score (nSPS) is 10.9. The van der Waals surface area contributed by atoms with Gasteiger partial charge in [-0.1, -0.05) is 12.1 Å². The molecule has 0 aliphatic carbocycles. The molecule has 0 radical (unpaired) electrons. The zero-order chi connectivity index (χ0) is 21.0. The third-order valence-corrected chi connectivity index (χ3v) is 5.36. The molecule has 0 atom stereocenters. The van der Waals surface area contributed by atoms with Crippen molar-refractivity contribution in [3.05, 3.63) is 65.9 Å². The van der Waals surface area contributed by atoms with Crippen molar-refractivity contribution in [2.24, 2.45) is 0 Å². The lowest BCUT2D eigenvalue weighted by molar-refractivity contribution is 0.0526. The number of ether oxygens (including phenoxy) is 1. The summed E-state index contributed by atoms with van der Waals surface area (Å²) in [4.78, 5) is 11.7. The smallest absolute Gasteiger partial charge is 0.338 e. The number of sulfonamides is 1. The van der Waals surface area contributed by atoms with E-state index in [1.54, 1.807) is 31.2 Å². The first kappa shape index (κ1) is 19.9. The van der Waals surface area contributed by atoms with E-state index in [2.05, 4.69) is 9.82 Å². The molecule has 0 aliphatic rings. The number of hydrogen-bond donors (Lipinski definition) is 2. The van der Waals surface area contributed by atoms with E-state index in [0.717, 1.165) is 0 Å². The molecule has 0 fully saturated rings. The summed E-state index contributed by atoms with van der Waals surface area (Å²) in [5, 5.41) is 13.1. The molecule has 3 aromatic rings.